The molecule has 0 saturated heterocycles. The monoisotopic (exact) mass is 282 g/mol. The maximum atomic E-state index is 11.0. The van der Waals surface area contributed by atoms with Crippen LogP contribution in [0.4, 0.5) is 0 Å². The molecule has 4 nitrogen and oxygen atoms in total. The minimum absolute atomic E-state index is 0.00539. The number of aliphatic hydroxyl groups is 1. The molecule has 0 aliphatic heterocycles. The van der Waals surface area contributed by atoms with Gasteiger partial charge in [0.2, 0.25) is 0 Å². The molecule has 4 heteroatoms. The van der Waals surface area contributed by atoms with Crippen LogP contribution in [0.3, 0.4) is 0 Å². The van der Waals surface area contributed by atoms with E-state index in [1.807, 2.05) is 0 Å². The van der Waals surface area contributed by atoms with Crippen LogP contribution >= 0.6 is 0 Å². The summed E-state index contributed by atoms with van der Waals surface area (Å²) in [5.41, 5.74) is 1.13. The van der Waals surface area contributed by atoms with Crippen molar-refractivity contribution in [3.05, 3.63) is 77.6 Å². The summed E-state index contributed by atoms with van der Waals surface area (Å²) in [6, 6.07) is 4.34. The summed E-state index contributed by atoms with van der Waals surface area (Å²) in [6.45, 7) is 0. The van der Waals surface area contributed by atoms with Crippen LogP contribution in [0.2, 0.25) is 0 Å². The molecule has 0 amide bonds. The van der Waals surface area contributed by atoms with Crippen LogP contribution in [0.15, 0.2) is 72.1 Å². The second kappa shape index (κ2) is 6.43. The third-order valence-corrected chi connectivity index (χ3v) is 2.79. The Bertz CT molecular complexity index is 704. The van der Waals surface area contributed by atoms with Crippen LogP contribution < -0.4 is 0 Å². The SMILES string of the molecule is O=C1C=C\C(=C/C=C/C=C/c2ccc(O)cc2O)C(O)=C1. The number of hydrogen-bond acceptors (Lipinski definition) is 4. The van der Waals surface area contributed by atoms with Gasteiger partial charge in [-0.3, -0.25) is 4.79 Å². The van der Waals surface area contributed by atoms with Gasteiger partial charge in [0, 0.05) is 23.3 Å². The predicted octanol–water partition coefficient (Wildman–Crippen LogP) is 3.17. The van der Waals surface area contributed by atoms with E-state index in [-0.39, 0.29) is 23.0 Å². The van der Waals surface area contributed by atoms with Crippen LogP contribution in [0, 0.1) is 0 Å². The minimum Gasteiger partial charge on any atom is -0.508 e. The van der Waals surface area contributed by atoms with E-state index in [2.05, 4.69) is 0 Å². The van der Waals surface area contributed by atoms with Crippen LogP contribution in [0.5, 0.6) is 11.5 Å². The summed E-state index contributed by atoms with van der Waals surface area (Å²) >= 11 is 0. The van der Waals surface area contributed by atoms with Crippen molar-refractivity contribution in [3.8, 4) is 11.5 Å². The van der Waals surface area contributed by atoms with Crippen molar-refractivity contribution >= 4 is 11.9 Å². The largest absolute Gasteiger partial charge is 0.508 e. The van der Waals surface area contributed by atoms with Crippen LogP contribution in [0.25, 0.3) is 6.08 Å². The third kappa shape index (κ3) is 3.98. The Hall–Kier alpha value is -3.01. The molecule has 0 unspecified atom stereocenters. The quantitative estimate of drug-likeness (QED) is 0.744. The molecule has 3 N–H and O–H groups in total. The topological polar surface area (TPSA) is 77.8 Å². The molecule has 0 atom stereocenters. The second-order valence-electron chi connectivity index (χ2n) is 4.37. The number of carbonyl (C=O) groups is 1. The zero-order chi connectivity index (χ0) is 15.2. The van der Waals surface area contributed by atoms with Gasteiger partial charge < -0.3 is 15.3 Å². The van der Waals surface area contributed by atoms with Crippen molar-refractivity contribution in [1.29, 1.82) is 0 Å². The fourth-order valence-corrected chi connectivity index (χ4v) is 1.72. The highest BCUT2D eigenvalue weighted by Gasteiger charge is 2.06. The van der Waals surface area contributed by atoms with Gasteiger partial charge in [-0.1, -0.05) is 30.4 Å². The molecule has 1 aliphatic carbocycles. The van der Waals surface area contributed by atoms with E-state index in [0.717, 1.165) is 6.08 Å². The van der Waals surface area contributed by atoms with Crippen molar-refractivity contribution in [2.24, 2.45) is 0 Å². The van der Waals surface area contributed by atoms with Gasteiger partial charge in [0.15, 0.2) is 5.78 Å². The highest BCUT2D eigenvalue weighted by Crippen LogP contribution is 2.23. The minimum atomic E-state index is -0.240. The normalized spacial score (nSPS) is 17.0. The number of aromatic hydroxyl groups is 2. The molecule has 1 aromatic rings. The molecule has 1 aliphatic rings. The lowest BCUT2D eigenvalue weighted by Crippen LogP contribution is -1.98. The van der Waals surface area contributed by atoms with Gasteiger partial charge in [0.05, 0.1) is 0 Å². The number of phenols is 2. The summed E-state index contributed by atoms with van der Waals surface area (Å²) in [5, 5.41) is 28.3. The number of benzene rings is 1. The number of rotatable bonds is 3. The molecule has 0 saturated carbocycles. The highest BCUT2D eigenvalue weighted by atomic mass is 16.3. The Morgan fingerprint density at radius 1 is 0.952 bits per heavy atom. The van der Waals surface area contributed by atoms with E-state index in [1.54, 1.807) is 36.4 Å². The fourth-order valence-electron chi connectivity index (χ4n) is 1.72. The summed E-state index contributed by atoms with van der Waals surface area (Å²) < 4.78 is 0. The summed E-state index contributed by atoms with van der Waals surface area (Å²) in [5.74, 6) is -0.304. The maximum absolute atomic E-state index is 11.0. The number of carbonyl (C=O) groups excluding carboxylic acids is 1. The molecule has 0 fully saturated rings. The van der Waals surface area contributed by atoms with Gasteiger partial charge in [0.1, 0.15) is 17.3 Å². The first-order chi connectivity index (χ1) is 10.1. The van der Waals surface area contributed by atoms with Gasteiger partial charge in [-0.15, -0.1) is 0 Å². The van der Waals surface area contributed by atoms with Crippen molar-refractivity contribution in [1.82, 2.24) is 0 Å². The number of allylic oxidation sites excluding steroid dienone is 7. The van der Waals surface area contributed by atoms with E-state index in [1.165, 1.54) is 24.3 Å². The lowest BCUT2D eigenvalue weighted by atomic mass is 10.1. The molecular weight excluding hydrogens is 268 g/mol. The summed E-state index contributed by atoms with van der Waals surface area (Å²) in [7, 11) is 0. The smallest absolute Gasteiger partial charge is 0.182 e. The molecule has 0 bridgehead atoms. The molecule has 1 aromatic carbocycles. The highest BCUT2D eigenvalue weighted by molar-refractivity contribution is 6.01. The molecule has 0 spiro atoms. The van der Waals surface area contributed by atoms with Crippen LogP contribution in [-0.4, -0.2) is 21.1 Å². The van der Waals surface area contributed by atoms with Gasteiger partial charge in [-0.25, -0.2) is 0 Å². The standard InChI is InChI=1S/C17H14O4/c18-14-8-6-12(16(20)10-14)4-2-1-3-5-13-7-9-15(19)11-17(13)21/h1-11,18,20-21H/b3-1+,4-2+,13-5+. The number of ketones is 1. The molecule has 0 radical (unpaired) electrons. The molecular formula is C17H14O4. The molecule has 0 heterocycles. The van der Waals surface area contributed by atoms with Gasteiger partial charge in [0.25, 0.3) is 0 Å². The Morgan fingerprint density at radius 3 is 2.48 bits per heavy atom. The number of aliphatic hydroxyl groups excluding tert-OH is 1. The van der Waals surface area contributed by atoms with E-state index in [0.29, 0.717) is 11.1 Å². The van der Waals surface area contributed by atoms with Crippen LogP contribution in [0.1, 0.15) is 5.56 Å². The van der Waals surface area contributed by atoms with Crippen molar-refractivity contribution in [3.63, 3.8) is 0 Å². The van der Waals surface area contributed by atoms with E-state index >= 15 is 0 Å². The molecule has 106 valence electrons. The Labute approximate surface area is 122 Å². The summed E-state index contributed by atoms with van der Waals surface area (Å²) in [6.07, 6.45) is 12.5. The Balaban J connectivity index is 2.03. The zero-order valence-electron chi connectivity index (χ0n) is 11.1. The van der Waals surface area contributed by atoms with Crippen molar-refractivity contribution < 1.29 is 20.1 Å². The number of hydrogen-bond donors (Lipinski definition) is 3. The molecule has 2 rings (SSSR count). The third-order valence-electron chi connectivity index (χ3n) is 2.79. The van der Waals surface area contributed by atoms with Gasteiger partial charge in [-0.05, 0) is 24.3 Å². The van der Waals surface area contributed by atoms with Crippen LogP contribution in [-0.2, 0) is 4.79 Å². The van der Waals surface area contributed by atoms with Crippen molar-refractivity contribution in [2.45, 2.75) is 0 Å². The zero-order valence-corrected chi connectivity index (χ0v) is 11.1. The van der Waals surface area contributed by atoms with Crippen molar-refractivity contribution in [2.75, 3.05) is 0 Å². The lowest BCUT2D eigenvalue weighted by molar-refractivity contribution is -0.110. The average molecular weight is 282 g/mol. The Morgan fingerprint density at radius 2 is 1.76 bits per heavy atom. The van der Waals surface area contributed by atoms with Gasteiger partial charge in [-0.2, -0.15) is 0 Å². The second-order valence-corrected chi connectivity index (χ2v) is 4.37. The molecule has 0 aromatic heterocycles. The molecule has 21 heavy (non-hydrogen) atoms. The number of phenolic OH excluding ortho intramolecular Hbond substituents is 2. The predicted molar refractivity (Wildman–Crippen MR) is 80.9 cm³/mol. The van der Waals surface area contributed by atoms with E-state index < -0.39 is 0 Å². The van der Waals surface area contributed by atoms with E-state index in [9.17, 15) is 15.0 Å². The first-order valence-electron chi connectivity index (χ1n) is 6.26. The van der Waals surface area contributed by atoms with E-state index in [4.69, 9.17) is 5.11 Å². The first kappa shape index (κ1) is 14.4. The summed E-state index contributed by atoms with van der Waals surface area (Å²) in [4.78, 5) is 11.0. The van der Waals surface area contributed by atoms with Gasteiger partial charge >= 0.3 is 0 Å². The lowest BCUT2D eigenvalue weighted by Gasteiger charge is -2.03. The fraction of sp³-hybridized carbons (Fsp3) is 0. The average Bonchev–Trinajstić information content (AvgIpc) is 2.42. The first-order valence-corrected chi connectivity index (χ1v) is 6.26. The maximum Gasteiger partial charge on any atom is 0.182 e. The Kier molecular flexibility index (Phi) is 4.41.